The molecule has 1 atom stereocenters. The average Bonchev–Trinajstić information content (AvgIpc) is 2.18. The molecule has 3 heteroatoms. The zero-order valence-corrected chi connectivity index (χ0v) is 10.0. The monoisotopic (exact) mass is 214 g/mol. The maximum Gasteiger partial charge on any atom is 0.335 e. The normalized spacial score (nSPS) is 14.4. The summed E-state index contributed by atoms with van der Waals surface area (Å²) in [6.07, 6.45) is 3.89. The fourth-order valence-electron chi connectivity index (χ4n) is 1.21. The number of rotatable bonds is 7. The molecule has 1 N–H and O–H groups in total. The molecule has 0 aliphatic rings. The Balaban J connectivity index is 4.17. The van der Waals surface area contributed by atoms with E-state index in [0.717, 1.165) is 19.3 Å². The smallest absolute Gasteiger partial charge is 0.335 e. The summed E-state index contributed by atoms with van der Waals surface area (Å²) in [5.74, 6) is -1.83. The molecule has 0 aromatic carbocycles. The number of esters is 1. The Hall–Kier alpha value is -0.830. The first-order valence-corrected chi connectivity index (χ1v) is 5.56. The number of hydrogen-bond donors (Lipinski definition) is 1. The molecule has 0 saturated heterocycles. The predicted molar refractivity (Wildman–Crippen MR) is 60.3 cm³/mol. The number of carbonyl (C=O) groups is 1. The first-order chi connectivity index (χ1) is 6.95. The lowest BCUT2D eigenvalue weighted by atomic mass is 10.1. The SMILES string of the molecule is C=C(C)C(=O)OC(O)(CC)CCCCC. The van der Waals surface area contributed by atoms with Crippen LogP contribution in [0.3, 0.4) is 0 Å². The quantitative estimate of drug-likeness (QED) is 0.307. The van der Waals surface area contributed by atoms with Crippen LogP contribution in [0.5, 0.6) is 0 Å². The van der Waals surface area contributed by atoms with E-state index in [1.54, 1.807) is 13.8 Å². The van der Waals surface area contributed by atoms with Crippen LogP contribution in [0.4, 0.5) is 0 Å². The largest absolute Gasteiger partial charge is 0.430 e. The highest BCUT2D eigenvalue weighted by Gasteiger charge is 2.28. The van der Waals surface area contributed by atoms with E-state index < -0.39 is 11.8 Å². The standard InChI is InChI=1S/C12H22O3/c1-5-7-8-9-12(14,6-2)15-11(13)10(3)4/h14H,3,5-9H2,1-2,4H3. The predicted octanol–water partition coefficient (Wildman–Crippen LogP) is 2.78. The number of aliphatic hydroxyl groups is 1. The fourth-order valence-corrected chi connectivity index (χ4v) is 1.21. The average molecular weight is 214 g/mol. The van der Waals surface area contributed by atoms with E-state index in [1.807, 2.05) is 0 Å². The lowest BCUT2D eigenvalue weighted by Crippen LogP contribution is -2.34. The number of carbonyl (C=O) groups excluding carboxylic acids is 1. The van der Waals surface area contributed by atoms with Crippen LogP contribution in [0, 0.1) is 0 Å². The maximum absolute atomic E-state index is 11.3. The van der Waals surface area contributed by atoms with E-state index in [4.69, 9.17) is 4.74 Å². The van der Waals surface area contributed by atoms with Crippen molar-refractivity contribution in [1.82, 2.24) is 0 Å². The summed E-state index contributed by atoms with van der Waals surface area (Å²) in [5.41, 5.74) is 0.317. The molecule has 0 amide bonds. The highest BCUT2D eigenvalue weighted by Crippen LogP contribution is 2.21. The van der Waals surface area contributed by atoms with Gasteiger partial charge in [-0.25, -0.2) is 4.79 Å². The van der Waals surface area contributed by atoms with Gasteiger partial charge in [-0.1, -0.05) is 33.3 Å². The van der Waals surface area contributed by atoms with Crippen molar-refractivity contribution < 1.29 is 14.6 Å². The summed E-state index contributed by atoms with van der Waals surface area (Å²) in [4.78, 5) is 11.3. The Morgan fingerprint density at radius 2 is 2.00 bits per heavy atom. The zero-order chi connectivity index (χ0) is 11.9. The van der Waals surface area contributed by atoms with Crippen LogP contribution < -0.4 is 0 Å². The third-order valence-electron chi connectivity index (χ3n) is 2.35. The molecular formula is C12H22O3. The lowest BCUT2D eigenvalue weighted by Gasteiger charge is -2.26. The van der Waals surface area contributed by atoms with Gasteiger partial charge in [0, 0.05) is 18.4 Å². The summed E-state index contributed by atoms with van der Waals surface area (Å²) >= 11 is 0. The van der Waals surface area contributed by atoms with Gasteiger partial charge in [-0.3, -0.25) is 0 Å². The van der Waals surface area contributed by atoms with Crippen LogP contribution >= 0.6 is 0 Å². The minimum Gasteiger partial charge on any atom is -0.430 e. The van der Waals surface area contributed by atoms with Crippen molar-refractivity contribution in [3.63, 3.8) is 0 Å². The van der Waals surface area contributed by atoms with Gasteiger partial charge in [0.15, 0.2) is 0 Å². The van der Waals surface area contributed by atoms with E-state index in [1.165, 1.54) is 0 Å². The van der Waals surface area contributed by atoms with Gasteiger partial charge in [-0.15, -0.1) is 0 Å². The minimum absolute atomic E-state index is 0.317. The molecule has 0 heterocycles. The van der Waals surface area contributed by atoms with Crippen LogP contribution in [0.15, 0.2) is 12.2 Å². The molecule has 0 fully saturated rings. The van der Waals surface area contributed by atoms with E-state index >= 15 is 0 Å². The molecular weight excluding hydrogens is 192 g/mol. The Morgan fingerprint density at radius 1 is 1.40 bits per heavy atom. The first-order valence-electron chi connectivity index (χ1n) is 5.56. The van der Waals surface area contributed by atoms with Crippen molar-refractivity contribution in [3.05, 3.63) is 12.2 Å². The van der Waals surface area contributed by atoms with Crippen molar-refractivity contribution >= 4 is 5.97 Å². The third kappa shape index (κ3) is 5.57. The summed E-state index contributed by atoms with van der Waals surface area (Å²) in [6.45, 7) is 8.95. The summed E-state index contributed by atoms with van der Waals surface area (Å²) in [7, 11) is 0. The molecule has 3 nitrogen and oxygen atoms in total. The second-order valence-corrected chi connectivity index (χ2v) is 3.93. The van der Waals surface area contributed by atoms with E-state index in [2.05, 4.69) is 13.5 Å². The van der Waals surface area contributed by atoms with Gasteiger partial charge in [-0.2, -0.15) is 0 Å². The van der Waals surface area contributed by atoms with E-state index in [9.17, 15) is 9.90 Å². The van der Waals surface area contributed by atoms with Crippen molar-refractivity contribution in [2.45, 2.75) is 58.7 Å². The van der Waals surface area contributed by atoms with Crippen molar-refractivity contribution in [2.75, 3.05) is 0 Å². The third-order valence-corrected chi connectivity index (χ3v) is 2.35. The fraction of sp³-hybridized carbons (Fsp3) is 0.750. The van der Waals surface area contributed by atoms with Crippen LogP contribution in [0.2, 0.25) is 0 Å². The molecule has 15 heavy (non-hydrogen) atoms. The Kier molecular flexibility index (Phi) is 6.25. The number of hydrogen-bond acceptors (Lipinski definition) is 3. The molecule has 0 aliphatic carbocycles. The van der Waals surface area contributed by atoms with Crippen LogP contribution in [0.1, 0.15) is 52.9 Å². The van der Waals surface area contributed by atoms with E-state index in [0.29, 0.717) is 18.4 Å². The second-order valence-electron chi connectivity index (χ2n) is 3.93. The molecule has 88 valence electrons. The molecule has 0 bridgehead atoms. The van der Waals surface area contributed by atoms with Gasteiger partial charge in [0.1, 0.15) is 0 Å². The minimum atomic E-state index is -1.31. The topological polar surface area (TPSA) is 46.5 Å². The van der Waals surface area contributed by atoms with Gasteiger partial charge in [0.05, 0.1) is 0 Å². The molecule has 0 spiro atoms. The molecule has 0 rings (SSSR count). The highest BCUT2D eigenvalue weighted by atomic mass is 16.7. The van der Waals surface area contributed by atoms with Crippen LogP contribution in [0.25, 0.3) is 0 Å². The molecule has 0 aliphatic heterocycles. The zero-order valence-electron chi connectivity index (χ0n) is 10.0. The summed E-state index contributed by atoms with van der Waals surface area (Å²) < 4.78 is 5.01. The maximum atomic E-state index is 11.3. The number of ether oxygens (including phenoxy) is 1. The van der Waals surface area contributed by atoms with Crippen LogP contribution in [-0.2, 0) is 9.53 Å². The summed E-state index contributed by atoms with van der Waals surface area (Å²) in [6, 6.07) is 0. The molecule has 1 unspecified atom stereocenters. The second kappa shape index (κ2) is 6.62. The van der Waals surface area contributed by atoms with Crippen molar-refractivity contribution in [1.29, 1.82) is 0 Å². The molecule has 0 saturated carbocycles. The van der Waals surface area contributed by atoms with Gasteiger partial charge in [-0.05, 0) is 13.3 Å². The van der Waals surface area contributed by atoms with Gasteiger partial charge in [0.2, 0.25) is 5.79 Å². The Morgan fingerprint density at radius 3 is 2.40 bits per heavy atom. The summed E-state index contributed by atoms with van der Waals surface area (Å²) in [5, 5.41) is 9.98. The first kappa shape index (κ1) is 14.2. The van der Waals surface area contributed by atoms with E-state index in [-0.39, 0.29) is 0 Å². The highest BCUT2D eigenvalue weighted by molar-refractivity contribution is 5.87. The van der Waals surface area contributed by atoms with Crippen molar-refractivity contribution in [2.24, 2.45) is 0 Å². The lowest BCUT2D eigenvalue weighted by molar-refractivity contribution is -0.209. The van der Waals surface area contributed by atoms with Crippen molar-refractivity contribution in [3.8, 4) is 0 Å². The molecule has 0 aromatic rings. The van der Waals surface area contributed by atoms with Gasteiger partial charge in [0.25, 0.3) is 0 Å². The Bertz CT molecular complexity index is 223. The van der Waals surface area contributed by atoms with Crippen LogP contribution in [-0.4, -0.2) is 16.9 Å². The molecule has 0 radical (unpaired) electrons. The van der Waals surface area contributed by atoms with Gasteiger partial charge < -0.3 is 9.84 Å². The van der Waals surface area contributed by atoms with Gasteiger partial charge >= 0.3 is 5.97 Å². The number of unbranched alkanes of at least 4 members (excludes halogenated alkanes) is 2. The molecule has 0 aromatic heterocycles. The Labute approximate surface area is 92.1 Å².